The minimum atomic E-state index is -1.02. The highest BCUT2D eigenvalue weighted by Crippen LogP contribution is 2.50. The normalized spacial score (nSPS) is 32.4. The zero-order chi connectivity index (χ0) is 12.4. The van der Waals surface area contributed by atoms with Gasteiger partial charge in [-0.05, 0) is 32.6 Å². The van der Waals surface area contributed by atoms with Gasteiger partial charge >= 0.3 is 5.97 Å². The molecule has 1 N–H and O–H groups in total. The zero-order valence-electron chi connectivity index (χ0n) is 10.5. The van der Waals surface area contributed by atoms with Crippen LogP contribution < -0.4 is 0 Å². The fourth-order valence-corrected chi connectivity index (χ4v) is 3.26. The summed E-state index contributed by atoms with van der Waals surface area (Å²) < 4.78 is 10.6. The molecule has 1 heterocycles. The van der Waals surface area contributed by atoms with Gasteiger partial charge < -0.3 is 14.6 Å². The molecule has 2 aliphatic rings. The number of carbonyl (C=O) groups excluding carboxylic acids is 1. The lowest BCUT2D eigenvalue weighted by molar-refractivity contribution is -0.194. The predicted molar refractivity (Wildman–Crippen MR) is 62.5 cm³/mol. The van der Waals surface area contributed by atoms with Crippen molar-refractivity contribution in [1.82, 2.24) is 0 Å². The maximum Gasteiger partial charge on any atom is 0.315 e. The van der Waals surface area contributed by atoms with Crippen molar-refractivity contribution in [2.24, 2.45) is 5.41 Å². The molecule has 1 unspecified atom stereocenters. The van der Waals surface area contributed by atoms with E-state index < -0.39 is 11.0 Å². The molecule has 4 nitrogen and oxygen atoms in total. The van der Waals surface area contributed by atoms with Gasteiger partial charge in [0.15, 0.2) is 0 Å². The Labute approximate surface area is 102 Å². The van der Waals surface area contributed by atoms with Gasteiger partial charge in [0.2, 0.25) is 0 Å². The number of ether oxygens (including phenoxy) is 2. The summed E-state index contributed by atoms with van der Waals surface area (Å²) in [6.45, 7) is 3.13. The van der Waals surface area contributed by atoms with Crippen LogP contribution in [0, 0.1) is 5.41 Å². The Kier molecular flexibility index (Phi) is 3.73. The Bertz CT molecular complexity index is 275. The molecule has 0 aromatic carbocycles. The van der Waals surface area contributed by atoms with Crippen molar-refractivity contribution >= 4 is 5.97 Å². The van der Waals surface area contributed by atoms with E-state index in [9.17, 15) is 9.90 Å². The molecule has 0 radical (unpaired) electrons. The van der Waals surface area contributed by atoms with Gasteiger partial charge in [0.1, 0.15) is 5.60 Å². The van der Waals surface area contributed by atoms with Gasteiger partial charge in [-0.1, -0.05) is 12.8 Å². The van der Waals surface area contributed by atoms with Crippen molar-refractivity contribution in [3.63, 3.8) is 0 Å². The molecule has 0 bridgehead atoms. The Balaban J connectivity index is 2.23. The Hall–Kier alpha value is -0.610. The highest BCUT2D eigenvalue weighted by molar-refractivity contribution is 5.79. The number of rotatable bonds is 3. The zero-order valence-corrected chi connectivity index (χ0v) is 10.5. The van der Waals surface area contributed by atoms with Crippen molar-refractivity contribution in [2.75, 3.05) is 19.8 Å². The van der Waals surface area contributed by atoms with Crippen LogP contribution in [0.2, 0.25) is 0 Å². The molecule has 1 aliphatic heterocycles. The Morgan fingerprint density at radius 1 is 1.29 bits per heavy atom. The highest BCUT2D eigenvalue weighted by atomic mass is 16.5. The SMILES string of the molecule is CCOC(=O)C1(C2(O)CCCOC2)CCCC1. The third kappa shape index (κ3) is 2.08. The van der Waals surface area contributed by atoms with Crippen LogP contribution in [0.15, 0.2) is 0 Å². The molecule has 0 aromatic rings. The molecular formula is C13H22O4. The molecule has 1 atom stereocenters. The van der Waals surface area contributed by atoms with Crippen LogP contribution in [0.25, 0.3) is 0 Å². The second-order valence-electron chi connectivity index (χ2n) is 5.20. The lowest BCUT2D eigenvalue weighted by Crippen LogP contribution is -2.57. The average Bonchev–Trinajstić information content (AvgIpc) is 2.81. The molecular weight excluding hydrogens is 220 g/mol. The topological polar surface area (TPSA) is 55.8 Å². The molecule has 98 valence electrons. The first-order valence-corrected chi connectivity index (χ1v) is 6.62. The van der Waals surface area contributed by atoms with E-state index in [-0.39, 0.29) is 12.6 Å². The first kappa shape index (κ1) is 12.8. The van der Waals surface area contributed by atoms with Crippen LogP contribution in [-0.2, 0) is 14.3 Å². The van der Waals surface area contributed by atoms with Gasteiger partial charge in [0.25, 0.3) is 0 Å². The standard InChI is InChI=1S/C13H22O4/c1-2-17-11(14)12(6-3-4-7-12)13(15)8-5-9-16-10-13/h15H,2-10H2,1H3. The lowest BCUT2D eigenvalue weighted by Gasteiger charge is -2.44. The Morgan fingerprint density at radius 3 is 2.53 bits per heavy atom. The molecule has 1 saturated heterocycles. The van der Waals surface area contributed by atoms with Crippen LogP contribution in [0.5, 0.6) is 0 Å². The number of carbonyl (C=O) groups is 1. The summed E-state index contributed by atoms with van der Waals surface area (Å²) >= 11 is 0. The summed E-state index contributed by atoms with van der Waals surface area (Å²) in [6, 6.07) is 0. The van der Waals surface area contributed by atoms with Crippen LogP contribution >= 0.6 is 0 Å². The molecule has 2 rings (SSSR count). The molecule has 0 amide bonds. The number of esters is 1. The molecule has 0 aromatic heterocycles. The summed E-state index contributed by atoms with van der Waals surface area (Å²) in [6.07, 6.45) is 4.89. The molecule has 1 saturated carbocycles. The minimum absolute atomic E-state index is 0.231. The highest BCUT2D eigenvalue weighted by Gasteiger charge is 2.58. The van der Waals surface area contributed by atoms with Gasteiger partial charge in [0, 0.05) is 6.61 Å². The van der Waals surface area contributed by atoms with E-state index in [1.807, 2.05) is 6.92 Å². The van der Waals surface area contributed by atoms with E-state index >= 15 is 0 Å². The van der Waals surface area contributed by atoms with E-state index in [0.717, 1.165) is 32.1 Å². The number of hydrogen-bond donors (Lipinski definition) is 1. The molecule has 1 aliphatic carbocycles. The van der Waals surface area contributed by atoms with Crippen LogP contribution in [0.4, 0.5) is 0 Å². The van der Waals surface area contributed by atoms with Gasteiger partial charge in [-0.15, -0.1) is 0 Å². The van der Waals surface area contributed by atoms with Crippen molar-refractivity contribution < 1.29 is 19.4 Å². The second-order valence-corrected chi connectivity index (χ2v) is 5.20. The molecule has 17 heavy (non-hydrogen) atoms. The van der Waals surface area contributed by atoms with Gasteiger partial charge in [-0.25, -0.2) is 0 Å². The third-order valence-corrected chi connectivity index (χ3v) is 4.23. The first-order valence-electron chi connectivity index (χ1n) is 6.62. The van der Waals surface area contributed by atoms with Crippen molar-refractivity contribution in [3.05, 3.63) is 0 Å². The summed E-state index contributed by atoms with van der Waals surface area (Å²) in [7, 11) is 0. The maximum atomic E-state index is 12.2. The fourth-order valence-electron chi connectivity index (χ4n) is 3.26. The largest absolute Gasteiger partial charge is 0.465 e. The average molecular weight is 242 g/mol. The van der Waals surface area contributed by atoms with Crippen LogP contribution in [-0.4, -0.2) is 36.5 Å². The van der Waals surface area contributed by atoms with Crippen LogP contribution in [0.1, 0.15) is 45.4 Å². The quantitative estimate of drug-likeness (QED) is 0.765. The summed E-state index contributed by atoms with van der Waals surface area (Å²) in [5, 5.41) is 10.8. The second kappa shape index (κ2) is 4.94. The predicted octanol–water partition coefficient (Wildman–Crippen LogP) is 1.65. The van der Waals surface area contributed by atoms with E-state index in [4.69, 9.17) is 9.47 Å². The van der Waals surface area contributed by atoms with E-state index in [1.54, 1.807) is 0 Å². The number of aliphatic hydroxyl groups is 1. The van der Waals surface area contributed by atoms with E-state index in [1.165, 1.54) is 0 Å². The van der Waals surface area contributed by atoms with Crippen LogP contribution in [0.3, 0.4) is 0 Å². The lowest BCUT2D eigenvalue weighted by atomic mass is 9.68. The smallest absolute Gasteiger partial charge is 0.315 e. The van der Waals surface area contributed by atoms with Gasteiger partial charge in [0.05, 0.1) is 18.6 Å². The molecule has 4 heteroatoms. The van der Waals surface area contributed by atoms with Crippen molar-refractivity contribution in [1.29, 1.82) is 0 Å². The summed E-state index contributed by atoms with van der Waals surface area (Å²) in [5.74, 6) is -0.231. The fraction of sp³-hybridized carbons (Fsp3) is 0.923. The van der Waals surface area contributed by atoms with Gasteiger partial charge in [-0.2, -0.15) is 0 Å². The number of hydrogen-bond acceptors (Lipinski definition) is 4. The van der Waals surface area contributed by atoms with Crippen molar-refractivity contribution in [2.45, 2.75) is 51.0 Å². The monoisotopic (exact) mass is 242 g/mol. The summed E-state index contributed by atoms with van der Waals surface area (Å²) in [5.41, 5.74) is -1.74. The third-order valence-electron chi connectivity index (χ3n) is 4.23. The van der Waals surface area contributed by atoms with E-state index in [2.05, 4.69) is 0 Å². The Morgan fingerprint density at radius 2 is 2.00 bits per heavy atom. The summed E-state index contributed by atoms with van der Waals surface area (Å²) in [4.78, 5) is 12.2. The first-order chi connectivity index (χ1) is 8.15. The van der Waals surface area contributed by atoms with Crippen molar-refractivity contribution in [3.8, 4) is 0 Å². The molecule has 0 spiro atoms. The maximum absolute atomic E-state index is 12.2. The minimum Gasteiger partial charge on any atom is -0.465 e. The van der Waals surface area contributed by atoms with E-state index in [0.29, 0.717) is 19.6 Å². The van der Waals surface area contributed by atoms with Gasteiger partial charge in [-0.3, -0.25) is 4.79 Å². The molecule has 2 fully saturated rings.